The Labute approximate surface area is 94.4 Å². The van der Waals surface area contributed by atoms with Gasteiger partial charge in [0.1, 0.15) is 0 Å². The molecule has 1 aliphatic carbocycles. The van der Waals surface area contributed by atoms with Gasteiger partial charge in [-0.1, -0.05) is 0 Å². The Kier molecular flexibility index (Phi) is 3.22. The van der Waals surface area contributed by atoms with Crippen molar-refractivity contribution in [1.29, 1.82) is 0 Å². The molecule has 1 aromatic rings. The molecule has 0 aromatic heterocycles. The van der Waals surface area contributed by atoms with Gasteiger partial charge < -0.3 is 4.74 Å². The van der Waals surface area contributed by atoms with Gasteiger partial charge >= 0.3 is 0 Å². The van der Waals surface area contributed by atoms with E-state index >= 15 is 0 Å². The molecule has 0 radical (unpaired) electrons. The molecule has 2 nitrogen and oxygen atoms in total. The summed E-state index contributed by atoms with van der Waals surface area (Å²) in [5.41, 5.74) is 0.385. The molecule has 16 heavy (non-hydrogen) atoms. The van der Waals surface area contributed by atoms with Crippen LogP contribution >= 0.6 is 0 Å². The van der Waals surface area contributed by atoms with Crippen LogP contribution in [-0.2, 0) is 0 Å². The summed E-state index contributed by atoms with van der Waals surface area (Å²) in [4.78, 5) is 11.0. The van der Waals surface area contributed by atoms with Crippen LogP contribution in [-0.4, -0.2) is 11.9 Å². The Morgan fingerprint density at radius 3 is 2.62 bits per heavy atom. The molecule has 3 heteroatoms. The molecule has 2 rings (SSSR count). The predicted molar refractivity (Wildman–Crippen MR) is 59.3 cm³/mol. The summed E-state index contributed by atoms with van der Waals surface area (Å²) < 4.78 is 19.1. The van der Waals surface area contributed by atoms with Gasteiger partial charge in [-0.3, -0.25) is 4.79 Å². The molecule has 0 N–H and O–H groups in total. The lowest BCUT2D eigenvalue weighted by Gasteiger charge is -2.13. The summed E-state index contributed by atoms with van der Waals surface area (Å²) >= 11 is 0. The van der Waals surface area contributed by atoms with Gasteiger partial charge in [-0.2, -0.15) is 0 Å². The summed E-state index contributed by atoms with van der Waals surface area (Å²) in [5.74, 6) is -0.317. The number of Topliss-reactive ketones (excluding diaryl/α,β-unsaturated/α-hetero) is 1. The highest BCUT2D eigenvalue weighted by Gasteiger charge is 2.18. The molecule has 0 unspecified atom stereocenters. The van der Waals surface area contributed by atoms with Gasteiger partial charge in [0.2, 0.25) is 0 Å². The van der Waals surface area contributed by atoms with Crippen molar-refractivity contribution in [2.24, 2.45) is 0 Å². The molecule has 1 aliphatic rings. The average molecular weight is 222 g/mol. The minimum atomic E-state index is -0.445. The maximum atomic E-state index is 13.6. The normalized spacial score (nSPS) is 16.4. The SMILES string of the molecule is CC(=O)c1ccc(OC2CCCC2)c(F)c1. The molecule has 1 fully saturated rings. The van der Waals surface area contributed by atoms with Crippen molar-refractivity contribution in [2.75, 3.05) is 0 Å². The second kappa shape index (κ2) is 4.64. The van der Waals surface area contributed by atoms with Crippen LogP contribution in [0.2, 0.25) is 0 Å². The van der Waals surface area contributed by atoms with Gasteiger partial charge in [-0.15, -0.1) is 0 Å². The molecule has 1 saturated carbocycles. The lowest BCUT2D eigenvalue weighted by atomic mass is 10.1. The van der Waals surface area contributed by atoms with Gasteiger partial charge in [-0.05, 0) is 50.8 Å². The molecular weight excluding hydrogens is 207 g/mol. The number of halogens is 1. The van der Waals surface area contributed by atoms with Crippen LogP contribution in [0, 0.1) is 5.82 Å². The van der Waals surface area contributed by atoms with E-state index in [-0.39, 0.29) is 17.6 Å². The van der Waals surface area contributed by atoms with E-state index in [9.17, 15) is 9.18 Å². The third kappa shape index (κ3) is 2.40. The second-order valence-corrected chi connectivity index (χ2v) is 4.23. The van der Waals surface area contributed by atoms with E-state index < -0.39 is 5.82 Å². The Hall–Kier alpha value is -1.38. The Bertz CT molecular complexity index is 395. The van der Waals surface area contributed by atoms with E-state index in [4.69, 9.17) is 4.74 Å². The van der Waals surface area contributed by atoms with Gasteiger partial charge in [0.05, 0.1) is 6.10 Å². The quantitative estimate of drug-likeness (QED) is 0.733. The van der Waals surface area contributed by atoms with Crippen LogP contribution in [0.25, 0.3) is 0 Å². The third-order valence-electron chi connectivity index (χ3n) is 2.93. The van der Waals surface area contributed by atoms with Crippen molar-refractivity contribution < 1.29 is 13.9 Å². The first kappa shape index (κ1) is 11.1. The average Bonchev–Trinajstić information content (AvgIpc) is 2.73. The van der Waals surface area contributed by atoms with Crippen LogP contribution in [0.1, 0.15) is 43.0 Å². The molecule has 0 saturated heterocycles. The van der Waals surface area contributed by atoms with Crippen LogP contribution < -0.4 is 4.74 Å². The minimum Gasteiger partial charge on any atom is -0.487 e. The maximum absolute atomic E-state index is 13.6. The van der Waals surface area contributed by atoms with Gasteiger partial charge in [-0.25, -0.2) is 4.39 Å². The van der Waals surface area contributed by atoms with E-state index in [1.165, 1.54) is 13.0 Å². The standard InChI is InChI=1S/C13H15FO2/c1-9(15)10-6-7-13(12(14)8-10)16-11-4-2-3-5-11/h6-8,11H,2-5H2,1H3. The van der Waals surface area contributed by atoms with E-state index in [1.54, 1.807) is 12.1 Å². The number of ether oxygens (including phenoxy) is 1. The molecule has 0 bridgehead atoms. The van der Waals surface area contributed by atoms with Gasteiger partial charge in [0, 0.05) is 5.56 Å². The Morgan fingerprint density at radius 2 is 2.06 bits per heavy atom. The molecule has 1 aromatic carbocycles. The van der Waals surface area contributed by atoms with Crippen molar-refractivity contribution in [1.82, 2.24) is 0 Å². The molecule has 0 spiro atoms. The van der Waals surface area contributed by atoms with E-state index in [0.29, 0.717) is 5.56 Å². The van der Waals surface area contributed by atoms with Crippen LogP contribution in [0.5, 0.6) is 5.75 Å². The summed E-state index contributed by atoms with van der Waals surface area (Å²) in [7, 11) is 0. The molecule has 0 heterocycles. The van der Waals surface area contributed by atoms with Crippen molar-refractivity contribution in [2.45, 2.75) is 38.7 Å². The minimum absolute atomic E-state index is 0.133. The smallest absolute Gasteiger partial charge is 0.165 e. The zero-order valence-electron chi connectivity index (χ0n) is 9.33. The van der Waals surface area contributed by atoms with Crippen LogP contribution in [0.3, 0.4) is 0 Å². The van der Waals surface area contributed by atoms with Crippen molar-refractivity contribution in [3.63, 3.8) is 0 Å². The van der Waals surface area contributed by atoms with Crippen LogP contribution in [0.15, 0.2) is 18.2 Å². The summed E-state index contributed by atoms with van der Waals surface area (Å²) in [6.07, 6.45) is 4.43. The summed E-state index contributed by atoms with van der Waals surface area (Å²) in [5, 5.41) is 0. The highest BCUT2D eigenvalue weighted by Crippen LogP contribution is 2.26. The highest BCUT2D eigenvalue weighted by atomic mass is 19.1. The van der Waals surface area contributed by atoms with E-state index in [0.717, 1.165) is 25.7 Å². The highest BCUT2D eigenvalue weighted by molar-refractivity contribution is 5.94. The van der Waals surface area contributed by atoms with Crippen molar-refractivity contribution in [3.05, 3.63) is 29.6 Å². The largest absolute Gasteiger partial charge is 0.487 e. The molecule has 86 valence electrons. The van der Waals surface area contributed by atoms with Crippen molar-refractivity contribution in [3.8, 4) is 5.75 Å². The fraction of sp³-hybridized carbons (Fsp3) is 0.462. The second-order valence-electron chi connectivity index (χ2n) is 4.23. The molecular formula is C13H15FO2. The zero-order chi connectivity index (χ0) is 11.5. The first-order valence-corrected chi connectivity index (χ1v) is 5.64. The fourth-order valence-corrected chi connectivity index (χ4v) is 2.00. The monoisotopic (exact) mass is 222 g/mol. The maximum Gasteiger partial charge on any atom is 0.165 e. The van der Waals surface area contributed by atoms with Gasteiger partial charge in [0.25, 0.3) is 0 Å². The predicted octanol–water partition coefficient (Wildman–Crippen LogP) is 3.35. The first-order chi connectivity index (χ1) is 7.66. The number of carbonyl (C=O) groups is 1. The van der Waals surface area contributed by atoms with Gasteiger partial charge in [0.15, 0.2) is 17.3 Å². The number of carbonyl (C=O) groups excluding carboxylic acids is 1. The first-order valence-electron chi connectivity index (χ1n) is 5.64. The third-order valence-corrected chi connectivity index (χ3v) is 2.93. The number of hydrogen-bond acceptors (Lipinski definition) is 2. The summed E-state index contributed by atoms with van der Waals surface area (Å²) in [6, 6.07) is 4.40. The Morgan fingerprint density at radius 1 is 1.38 bits per heavy atom. The van der Waals surface area contributed by atoms with Crippen LogP contribution in [0.4, 0.5) is 4.39 Å². The molecule has 0 amide bonds. The number of rotatable bonds is 3. The van der Waals surface area contributed by atoms with E-state index in [1.807, 2.05) is 0 Å². The Balaban J connectivity index is 2.12. The summed E-state index contributed by atoms with van der Waals surface area (Å²) in [6.45, 7) is 1.42. The number of ketones is 1. The fourth-order valence-electron chi connectivity index (χ4n) is 2.00. The molecule has 0 aliphatic heterocycles. The zero-order valence-corrected chi connectivity index (χ0v) is 9.33. The number of hydrogen-bond donors (Lipinski definition) is 0. The van der Waals surface area contributed by atoms with E-state index in [2.05, 4.69) is 0 Å². The number of benzene rings is 1. The molecule has 0 atom stereocenters. The lowest BCUT2D eigenvalue weighted by molar-refractivity contribution is 0.101. The topological polar surface area (TPSA) is 26.3 Å². The van der Waals surface area contributed by atoms with Crippen molar-refractivity contribution >= 4 is 5.78 Å². The lowest BCUT2D eigenvalue weighted by Crippen LogP contribution is -2.12.